The smallest absolute Gasteiger partial charge is 0.178 e. The quantitative estimate of drug-likeness (QED) is 0.696. The number of ether oxygens (including phenoxy) is 1. The third-order valence-corrected chi connectivity index (χ3v) is 3.58. The van der Waals surface area contributed by atoms with E-state index in [1.165, 1.54) is 0 Å². The van der Waals surface area contributed by atoms with Crippen LogP contribution in [0.5, 0.6) is 0 Å². The second-order valence-electron chi connectivity index (χ2n) is 4.97. The number of aromatic nitrogens is 1. The standard InChI is InChI=1S/C17H21ClNO.BrH/c1-3-14(2)20-17(13-19-10-5-4-6-11-19)15-8-7-9-16(18)12-15;/h4-12,14,17H,3,13H2,1-2H3;1H/q+1;/p-1. The molecule has 4 heteroatoms. The maximum atomic E-state index is 6.17. The Hall–Kier alpha value is -0.900. The lowest BCUT2D eigenvalue weighted by molar-refractivity contribution is -0.705. The summed E-state index contributed by atoms with van der Waals surface area (Å²) >= 11 is 6.10. The van der Waals surface area contributed by atoms with E-state index in [0.717, 1.165) is 23.6 Å². The maximum Gasteiger partial charge on any atom is 0.178 e. The van der Waals surface area contributed by atoms with E-state index in [-0.39, 0.29) is 29.2 Å². The molecule has 114 valence electrons. The predicted octanol–water partition coefficient (Wildman–Crippen LogP) is 1.19. The monoisotopic (exact) mass is 369 g/mol. The SMILES string of the molecule is CCC(C)OC(C[n+]1ccccc1)c1cccc(Cl)c1.[Br-]. The van der Waals surface area contributed by atoms with Crippen LogP contribution in [0.15, 0.2) is 54.9 Å². The van der Waals surface area contributed by atoms with Crippen molar-refractivity contribution in [2.45, 2.75) is 39.0 Å². The fourth-order valence-electron chi connectivity index (χ4n) is 2.06. The lowest BCUT2D eigenvalue weighted by Crippen LogP contribution is -3.00. The zero-order chi connectivity index (χ0) is 14.4. The highest BCUT2D eigenvalue weighted by Crippen LogP contribution is 2.23. The molecule has 0 amide bonds. The Morgan fingerprint density at radius 1 is 1.14 bits per heavy atom. The van der Waals surface area contributed by atoms with E-state index in [9.17, 15) is 0 Å². The molecule has 1 aromatic heterocycles. The number of pyridine rings is 1. The van der Waals surface area contributed by atoms with Gasteiger partial charge in [-0.15, -0.1) is 0 Å². The van der Waals surface area contributed by atoms with Gasteiger partial charge in [0.15, 0.2) is 18.9 Å². The largest absolute Gasteiger partial charge is 1.00 e. The van der Waals surface area contributed by atoms with Crippen molar-refractivity contribution in [1.29, 1.82) is 0 Å². The minimum absolute atomic E-state index is 0. The molecule has 0 bridgehead atoms. The molecule has 2 unspecified atom stereocenters. The van der Waals surface area contributed by atoms with Crippen LogP contribution in [0.4, 0.5) is 0 Å². The van der Waals surface area contributed by atoms with Crippen molar-refractivity contribution >= 4 is 11.6 Å². The highest BCUT2D eigenvalue weighted by atomic mass is 79.9. The van der Waals surface area contributed by atoms with Crippen molar-refractivity contribution in [3.05, 3.63) is 65.4 Å². The van der Waals surface area contributed by atoms with Gasteiger partial charge in [-0.3, -0.25) is 0 Å². The van der Waals surface area contributed by atoms with Crippen molar-refractivity contribution in [3.8, 4) is 0 Å². The average molecular weight is 371 g/mol. The molecular weight excluding hydrogens is 350 g/mol. The first-order valence-corrected chi connectivity index (χ1v) is 7.42. The molecule has 2 nitrogen and oxygen atoms in total. The van der Waals surface area contributed by atoms with Crippen molar-refractivity contribution < 1.29 is 26.3 Å². The van der Waals surface area contributed by atoms with Gasteiger partial charge in [-0.2, -0.15) is 0 Å². The average Bonchev–Trinajstić information content (AvgIpc) is 2.47. The van der Waals surface area contributed by atoms with Crippen LogP contribution in [-0.4, -0.2) is 6.10 Å². The number of hydrogen-bond acceptors (Lipinski definition) is 1. The fraction of sp³-hybridized carbons (Fsp3) is 0.353. The fourth-order valence-corrected chi connectivity index (χ4v) is 2.26. The van der Waals surface area contributed by atoms with Gasteiger partial charge in [-0.05, 0) is 31.0 Å². The van der Waals surface area contributed by atoms with Gasteiger partial charge < -0.3 is 21.7 Å². The summed E-state index contributed by atoms with van der Waals surface area (Å²) in [5, 5.41) is 0.748. The van der Waals surface area contributed by atoms with Gasteiger partial charge in [0, 0.05) is 17.2 Å². The van der Waals surface area contributed by atoms with Crippen molar-refractivity contribution in [2.75, 3.05) is 0 Å². The van der Waals surface area contributed by atoms with E-state index in [4.69, 9.17) is 16.3 Å². The molecule has 0 N–H and O–H groups in total. The Bertz CT molecular complexity index is 535. The van der Waals surface area contributed by atoms with Gasteiger partial charge in [0.1, 0.15) is 6.10 Å². The number of rotatable bonds is 6. The van der Waals surface area contributed by atoms with E-state index < -0.39 is 0 Å². The van der Waals surface area contributed by atoms with Crippen LogP contribution in [0.1, 0.15) is 31.9 Å². The lowest BCUT2D eigenvalue weighted by Gasteiger charge is -2.20. The van der Waals surface area contributed by atoms with E-state index in [2.05, 4.69) is 36.9 Å². The molecule has 2 rings (SSSR count). The first kappa shape index (κ1) is 18.1. The van der Waals surface area contributed by atoms with Crippen LogP contribution in [0, 0.1) is 0 Å². The summed E-state index contributed by atoms with van der Waals surface area (Å²) in [6.07, 6.45) is 5.34. The summed E-state index contributed by atoms with van der Waals surface area (Å²) in [5.41, 5.74) is 1.12. The van der Waals surface area contributed by atoms with Crippen LogP contribution in [0.3, 0.4) is 0 Å². The first-order chi connectivity index (χ1) is 9.69. The Balaban J connectivity index is 0.00000220. The van der Waals surface area contributed by atoms with E-state index >= 15 is 0 Å². The lowest BCUT2D eigenvalue weighted by atomic mass is 10.1. The number of halogens is 2. The zero-order valence-corrected chi connectivity index (χ0v) is 14.7. The van der Waals surface area contributed by atoms with Gasteiger partial charge in [0.2, 0.25) is 0 Å². The molecule has 0 radical (unpaired) electrons. The molecule has 21 heavy (non-hydrogen) atoms. The molecular formula is C17H21BrClNO. The van der Waals surface area contributed by atoms with Gasteiger partial charge >= 0.3 is 0 Å². The molecule has 0 aliphatic carbocycles. The summed E-state index contributed by atoms with van der Waals surface area (Å²) < 4.78 is 8.30. The van der Waals surface area contributed by atoms with E-state index in [0.29, 0.717) is 0 Å². The summed E-state index contributed by atoms with van der Waals surface area (Å²) in [5.74, 6) is 0. The Kier molecular flexibility index (Phi) is 7.94. The minimum Gasteiger partial charge on any atom is -1.00 e. The van der Waals surface area contributed by atoms with Crippen molar-refractivity contribution in [2.24, 2.45) is 0 Å². The van der Waals surface area contributed by atoms with Crippen LogP contribution in [0.2, 0.25) is 5.02 Å². The number of hydrogen-bond donors (Lipinski definition) is 0. The Labute approximate surface area is 142 Å². The molecule has 0 fully saturated rings. The van der Waals surface area contributed by atoms with Gasteiger partial charge in [0.25, 0.3) is 0 Å². The molecule has 0 saturated heterocycles. The third kappa shape index (κ3) is 5.77. The number of nitrogens with zero attached hydrogens (tertiary/aromatic N) is 1. The molecule has 1 aromatic carbocycles. The molecule has 0 spiro atoms. The Morgan fingerprint density at radius 3 is 2.48 bits per heavy atom. The van der Waals surface area contributed by atoms with Crippen LogP contribution in [0.25, 0.3) is 0 Å². The highest BCUT2D eigenvalue weighted by molar-refractivity contribution is 6.30. The second-order valence-corrected chi connectivity index (χ2v) is 5.41. The van der Waals surface area contributed by atoms with E-state index in [1.54, 1.807) is 0 Å². The van der Waals surface area contributed by atoms with Crippen LogP contribution >= 0.6 is 11.6 Å². The van der Waals surface area contributed by atoms with Crippen LogP contribution < -0.4 is 21.5 Å². The summed E-state index contributed by atoms with van der Waals surface area (Å²) in [6.45, 7) is 5.02. The van der Waals surface area contributed by atoms with Crippen LogP contribution in [-0.2, 0) is 11.3 Å². The molecule has 1 heterocycles. The predicted molar refractivity (Wildman–Crippen MR) is 81.7 cm³/mol. The van der Waals surface area contributed by atoms with E-state index in [1.807, 2.05) is 36.4 Å². The Morgan fingerprint density at radius 2 is 1.86 bits per heavy atom. The van der Waals surface area contributed by atoms with Crippen molar-refractivity contribution in [1.82, 2.24) is 0 Å². The second kappa shape index (κ2) is 9.19. The summed E-state index contributed by atoms with van der Waals surface area (Å²) in [7, 11) is 0. The molecule has 2 aromatic rings. The molecule has 0 aliphatic rings. The topological polar surface area (TPSA) is 13.1 Å². The van der Waals surface area contributed by atoms with Gasteiger partial charge in [-0.1, -0.05) is 36.7 Å². The molecule has 2 atom stereocenters. The molecule has 0 saturated carbocycles. The normalized spacial score (nSPS) is 13.3. The first-order valence-electron chi connectivity index (χ1n) is 7.04. The van der Waals surface area contributed by atoms with Gasteiger partial charge in [-0.25, -0.2) is 4.57 Å². The molecule has 0 aliphatic heterocycles. The zero-order valence-electron chi connectivity index (χ0n) is 12.4. The third-order valence-electron chi connectivity index (χ3n) is 3.35. The van der Waals surface area contributed by atoms with Gasteiger partial charge in [0.05, 0.1) is 6.10 Å². The number of benzene rings is 1. The van der Waals surface area contributed by atoms with Crippen molar-refractivity contribution in [3.63, 3.8) is 0 Å². The maximum absolute atomic E-state index is 6.17. The minimum atomic E-state index is 0. The summed E-state index contributed by atoms with van der Waals surface area (Å²) in [6, 6.07) is 14.0. The highest BCUT2D eigenvalue weighted by Gasteiger charge is 2.19. The summed E-state index contributed by atoms with van der Waals surface area (Å²) in [4.78, 5) is 0.